The van der Waals surface area contributed by atoms with Gasteiger partial charge in [-0.3, -0.25) is 28.5 Å². The number of imidazole rings is 1. The van der Waals surface area contributed by atoms with Crippen LogP contribution in [0.5, 0.6) is 6.01 Å². The van der Waals surface area contributed by atoms with Gasteiger partial charge in [0, 0.05) is 19.1 Å². The molecule has 3 unspecified atom stereocenters. The zero-order valence-corrected chi connectivity index (χ0v) is 70.8. The number of aldehydes is 1. The summed E-state index contributed by atoms with van der Waals surface area (Å²) in [6, 6.07) is 6.99. The number of fused-ring (bicyclic) bond motifs is 1. The van der Waals surface area contributed by atoms with E-state index < -0.39 is 5.69 Å². The predicted octanol–water partition coefficient (Wildman–Crippen LogP) is 22.8. The number of ether oxygens (including phenoxy) is 5. The predicted molar refractivity (Wildman–Crippen MR) is 450 cm³/mol. The Morgan fingerprint density at radius 3 is 1.14 bits per heavy atom. The Hall–Kier alpha value is -5.20. The number of benzene rings is 1. The lowest BCUT2D eigenvalue weighted by atomic mass is 9.94. The number of carbonyl (C=O) groups excluding carboxylic acids is 5. The number of H-pyrrole nitrogens is 1. The fraction of sp³-hybridized carbons (Fsp3) is 0.824. The number of hydrogen-bond donors (Lipinski definition) is 2. The minimum atomic E-state index is -0.419. The molecule has 0 saturated carbocycles. The summed E-state index contributed by atoms with van der Waals surface area (Å²) in [5, 5.41) is 2.97. The summed E-state index contributed by atoms with van der Waals surface area (Å²) >= 11 is 0. The lowest BCUT2D eigenvalue weighted by Crippen LogP contribution is -2.32. The molecule has 0 spiro atoms. The van der Waals surface area contributed by atoms with E-state index in [1.807, 2.05) is 0 Å². The number of rotatable bonds is 78. The first-order chi connectivity index (χ1) is 53.4. The summed E-state index contributed by atoms with van der Waals surface area (Å²) in [4.78, 5) is 96.4. The van der Waals surface area contributed by atoms with Crippen LogP contribution >= 0.6 is 0 Å². The van der Waals surface area contributed by atoms with Crippen molar-refractivity contribution >= 4 is 47.1 Å². The number of nitrogens with one attached hydrogen (secondary N) is 2. The maximum Gasteiger partial charge on any atom is 0.328 e. The Kier molecular flexibility index (Phi) is 61.5. The van der Waals surface area contributed by atoms with Gasteiger partial charge in [0.05, 0.1) is 50.7 Å². The lowest BCUT2D eigenvalue weighted by molar-refractivity contribution is -0.150. The average molecular weight is 1530 g/mol. The molecule has 109 heavy (non-hydrogen) atoms. The van der Waals surface area contributed by atoms with Gasteiger partial charge in [-0.2, -0.15) is 9.97 Å². The van der Waals surface area contributed by atoms with E-state index in [4.69, 9.17) is 23.7 Å². The molecule has 2 N–H and O–H groups in total. The zero-order chi connectivity index (χ0) is 78.7. The van der Waals surface area contributed by atoms with E-state index >= 15 is 0 Å². The van der Waals surface area contributed by atoms with Crippen LogP contribution < -0.4 is 15.7 Å². The van der Waals surface area contributed by atoms with Gasteiger partial charge in [0.15, 0.2) is 11.5 Å². The Labute approximate surface area is 663 Å². The first-order valence-corrected chi connectivity index (χ1v) is 45.4. The van der Waals surface area contributed by atoms with Crippen molar-refractivity contribution < 1.29 is 47.7 Å². The number of methoxy groups -OCH3 is 1. The highest BCUT2D eigenvalue weighted by Crippen LogP contribution is 2.27. The fourth-order valence-corrected chi connectivity index (χ4v) is 14.9. The van der Waals surface area contributed by atoms with Gasteiger partial charge >= 0.3 is 29.6 Å². The molecule has 0 aliphatic rings. The molecule has 0 bridgehead atoms. The van der Waals surface area contributed by atoms with E-state index in [9.17, 15) is 28.8 Å². The van der Waals surface area contributed by atoms with Gasteiger partial charge in [0.25, 0.3) is 0 Å². The van der Waals surface area contributed by atoms with Crippen molar-refractivity contribution in [2.75, 3.05) is 84.7 Å². The second-order valence-corrected chi connectivity index (χ2v) is 31.7. The van der Waals surface area contributed by atoms with Gasteiger partial charge in [-0.05, 0) is 141 Å². The van der Waals surface area contributed by atoms with Crippen LogP contribution in [0, 0.1) is 17.8 Å². The Morgan fingerprint density at radius 2 is 0.761 bits per heavy atom. The summed E-state index contributed by atoms with van der Waals surface area (Å²) in [5.41, 5.74) is 1.49. The third-order valence-electron chi connectivity index (χ3n) is 21.9. The molecule has 18 heteroatoms. The Balaban J connectivity index is 1.71. The van der Waals surface area contributed by atoms with Crippen LogP contribution in [-0.2, 0) is 44.7 Å². The minimum absolute atomic E-state index is 0.00836. The maximum atomic E-state index is 13.8. The number of unbranched alkanes of at least 4 members (excludes halogenated alkanes) is 35. The molecule has 18 nitrogen and oxygen atoms in total. The van der Waals surface area contributed by atoms with Crippen LogP contribution in [0.3, 0.4) is 0 Å². The van der Waals surface area contributed by atoms with Crippen molar-refractivity contribution in [3.63, 3.8) is 0 Å². The summed E-state index contributed by atoms with van der Waals surface area (Å²) in [5.74, 6) is 0.0712. The molecule has 1 amide bonds. The second-order valence-electron chi connectivity index (χ2n) is 31.7. The molecule has 2 aromatic heterocycles. The number of nitrogens with zero attached hydrogens (tertiary/aromatic N) is 5. The van der Waals surface area contributed by atoms with Gasteiger partial charge in [0.2, 0.25) is 5.91 Å². The smallest absolute Gasteiger partial charge is 0.328 e. The number of carbonyl (C=O) groups is 5. The molecular formula is C91H161N7O11. The molecular weight excluding hydrogens is 1370 g/mol. The van der Waals surface area contributed by atoms with Gasteiger partial charge in [0.1, 0.15) is 18.4 Å². The van der Waals surface area contributed by atoms with E-state index in [0.29, 0.717) is 43.9 Å². The van der Waals surface area contributed by atoms with Crippen LogP contribution in [0.25, 0.3) is 11.2 Å². The van der Waals surface area contributed by atoms with E-state index in [-0.39, 0.29) is 78.6 Å². The third-order valence-corrected chi connectivity index (χ3v) is 21.9. The van der Waals surface area contributed by atoms with Crippen LogP contribution in [0.4, 0.5) is 5.82 Å². The Morgan fingerprint density at radius 1 is 0.422 bits per heavy atom. The molecule has 0 radical (unpaired) electrons. The van der Waals surface area contributed by atoms with Crippen molar-refractivity contribution in [3.8, 4) is 6.01 Å². The van der Waals surface area contributed by atoms with E-state index in [2.05, 4.69) is 71.6 Å². The van der Waals surface area contributed by atoms with Crippen LogP contribution in [-0.4, -0.2) is 139 Å². The summed E-state index contributed by atoms with van der Waals surface area (Å²) in [7, 11) is 1.57. The SMILES string of the molecule is CCCCCCCCC(CCCCCC)C(=O)OCCCCCCN(CCCCCCOC(=O)C(CCCCCC)CCCCCCCC)CCCN(CCCCCCOC(=O)C(CCCCCC)CCCCCCCC)CCCCCC(=O)Nc1nc(OCCOC)nc2c1[nH]c(=O)n2Cc1ccc(C=O)cc1. The van der Waals surface area contributed by atoms with Crippen LogP contribution in [0.2, 0.25) is 0 Å². The quantitative estimate of drug-likeness (QED) is 0.0233. The molecule has 0 aliphatic heterocycles. The minimum Gasteiger partial charge on any atom is -0.465 e. The average Bonchev–Trinajstić information content (AvgIpc) is 1.62. The monoisotopic (exact) mass is 1530 g/mol. The van der Waals surface area contributed by atoms with Gasteiger partial charge in [-0.15, -0.1) is 0 Å². The first-order valence-electron chi connectivity index (χ1n) is 45.4. The number of hydrogen-bond acceptors (Lipinski definition) is 15. The summed E-state index contributed by atoms with van der Waals surface area (Å²) in [6.45, 7) is 21.6. The summed E-state index contributed by atoms with van der Waals surface area (Å²) < 4.78 is 30.6. The molecule has 3 rings (SSSR count). The van der Waals surface area contributed by atoms with Crippen molar-refractivity contribution in [3.05, 3.63) is 45.9 Å². The van der Waals surface area contributed by atoms with Crippen molar-refractivity contribution in [2.45, 2.75) is 388 Å². The number of aromatic amines is 1. The van der Waals surface area contributed by atoms with Crippen molar-refractivity contribution in [1.82, 2.24) is 29.3 Å². The molecule has 3 atom stereocenters. The van der Waals surface area contributed by atoms with Gasteiger partial charge in [-0.1, -0.05) is 303 Å². The molecule has 1 aromatic carbocycles. The highest BCUT2D eigenvalue weighted by Gasteiger charge is 2.24. The van der Waals surface area contributed by atoms with Gasteiger partial charge in [-0.25, -0.2) is 4.79 Å². The molecule has 0 aliphatic carbocycles. The number of amides is 1. The molecule has 626 valence electrons. The molecule has 2 heterocycles. The van der Waals surface area contributed by atoms with Crippen molar-refractivity contribution in [1.29, 1.82) is 0 Å². The normalized spacial score (nSPS) is 12.5. The largest absolute Gasteiger partial charge is 0.465 e. The molecule has 0 fully saturated rings. The number of anilines is 1. The summed E-state index contributed by atoms with van der Waals surface area (Å²) in [6.07, 6.45) is 58.8. The highest BCUT2D eigenvalue weighted by molar-refractivity contribution is 5.97. The topological polar surface area (TPSA) is 214 Å². The van der Waals surface area contributed by atoms with E-state index in [1.165, 1.54) is 159 Å². The fourth-order valence-electron chi connectivity index (χ4n) is 14.9. The number of aromatic nitrogens is 4. The van der Waals surface area contributed by atoms with E-state index in [0.717, 1.165) is 224 Å². The third kappa shape index (κ3) is 49.1. The van der Waals surface area contributed by atoms with Gasteiger partial charge < -0.3 is 43.8 Å². The lowest BCUT2D eigenvalue weighted by Gasteiger charge is -2.26. The maximum absolute atomic E-state index is 13.8. The molecule has 3 aromatic rings. The second kappa shape index (κ2) is 68.4. The highest BCUT2D eigenvalue weighted by atomic mass is 16.5. The standard InChI is InChI=1S/C91H161N7O11/c1-8-14-20-26-29-42-57-80(54-39-23-17-11-4)87(101)106-71-50-35-32-46-65-96(66-47-33-36-51-72-107-88(102)81(55-40-24-18-12-5)58-43-30-27-21-15-9-2)69-53-70-97(67-48-34-37-52-73-108-89(103)82(56-41-25-19-13-6)59-44-31-28-22-16-10-3)68-49-38-45-60-83(100)92-85-84-86(95-90(94-85)109-75-74-105-7)98(91(104)93-84)76-78-61-63-79(77-99)64-62-78/h61-64,77,80-82H,8-60,65-76H2,1-7H3,(H,93,104)(H,92,94,95,100). The Bertz CT molecular complexity index is 2700. The van der Waals surface area contributed by atoms with Crippen molar-refractivity contribution in [2.24, 2.45) is 17.8 Å². The van der Waals surface area contributed by atoms with Crippen LogP contribution in [0.15, 0.2) is 29.1 Å². The van der Waals surface area contributed by atoms with E-state index in [1.54, 1.807) is 31.4 Å². The zero-order valence-electron chi connectivity index (χ0n) is 70.8. The van der Waals surface area contributed by atoms with Crippen LogP contribution in [0.1, 0.15) is 398 Å². The molecule has 0 saturated heterocycles. The number of esters is 3. The first kappa shape index (κ1) is 98.0.